The molecule has 0 aliphatic rings. The van der Waals surface area contributed by atoms with E-state index in [1.807, 2.05) is 38.1 Å². The van der Waals surface area contributed by atoms with Gasteiger partial charge in [-0.25, -0.2) is 8.42 Å². The number of rotatable bonds is 5. The molecule has 0 saturated heterocycles. The van der Waals surface area contributed by atoms with Gasteiger partial charge in [0, 0.05) is 5.69 Å². The summed E-state index contributed by atoms with van der Waals surface area (Å²) in [7, 11) is -3.60. The third kappa shape index (κ3) is 4.35. The first-order valence-corrected chi connectivity index (χ1v) is 9.47. The number of amides is 1. The Morgan fingerprint density at radius 3 is 1.88 bits per heavy atom. The Hall–Kier alpha value is -2.34. The molecular weight excluding hydrogens is 324 g/mol. The molecule has 0 aromatic heterocycles. The fraction of sp³-hybridized carbons (Fsp3) is 0.278. The number of carbonyl (C=O) groups is 1. The monoisotopic (exact) mass is 346 g/mol. The zero-order valence-corrected chi connectivity index (χ0v) is 15.1. The van der Waals surface area contributed by atoms with Crippen molar-refractivity contribution in [3.05, 3.63) is 59.7 Å². The van der Waals surface area contributed by atoms with Crippen LogP contribution < -0.4 is 9.62 Å². The second-order valence-electron chi connectivity index (χ2n) is 5.93. The largest absolute Gasteiger partial charge is 0.324 e. The van der Waals surface area contributed by atoms with E-state index in [4.69, 9.17) is 0 Å². The quantitative estimate of drug-likeness (QED) is 0.905. The second kappa shape index (κ2) is 7.05. The Balaban J connectivity index is 2.27. The Labute approximate surface area is 143 Å². The highest BCUT2D eigenvalue weighted by molar-refractivity contribution is 7.92. The summed E-state index contributed by atoms with van der Waals surface area (Å²) in [5, 5.41) is 2.76. The first-order chi connectivity index (χ1) is 11.2. The minimum absolute atomic E-state index is 0.384. The highest BCUT2D eigenvalue weighted by atomic mass is 32.2. The van der Waals surface area contributed by atoms with Gasteiger partial charge in [-0.15, -0.1) is 0 Å². The van der Waals surface area contributed by atoms with E-state index in [0.29, 0.717) is 11.4 Å². The molecule has 2 aromatic carbocycles. The predicted octanol–water partition coefficient (Wildman–Crippen LogP) is 3.10. The summed E-state index contributed by atoms with van der Waals surface area (Å²) in [5.74, 6) is -0.384. The standard InChI is InChI=1S/C18H22N2O3S/c1-13-5-9-16(10-6-13)19-18(21)15(3)20(24(4,22)23)17-11-7-14(2)8-12-17/h5-12,15H,1-4H3,(H,19,21). The van der Waals surface area contributed by atoms with Crippen molar-refractivity contribution in [1.29, 1.82) is 0 Å². The number of nitrogens with one attached hydrogen (secondary N) is 1. The molecule has 1 amide bonds. The van der Waals surface area contributed by atoms with Crippen LogP contribution in [0.1, 0.15) is 18.1 Å². The molecule has 128 valence electrons. The molecule has 2 rings (SSSR count). The Morgan fingerprint density at radius 2 is 1.42 bits per heavy atom. The summed E-state index contributed by atoms with van der Waals surface area (Å²) in [4.78, 5) is 12.5. The van der Waals surface area contributed by atoms with Gasteiger partial charge in [-0.1, -0.05) is 35.4 Å². The smallest absolute Gasteiger partial charge is 0.247 e. The number of carbonyl (C=O) groups excluding carboxylic acids is 1. The summed E-state index contributed by atoms with van der Waals surface area (Å²) in [5.41, 5.74) is 3.20. The van der Waals surface area contributed by atoms with E-state index in [2.05, 4.69) is 5.32 Å². The molecule has 0 aliphatic heterocycles. The highest BCUT2D eigenvalue weighted by Crippen LogP contribution is 2.22. The maximum absolute atomic E-state index is 12.5. The zero-order chi connectivity index (χ0) is 17.9. The van der Waals surface area contributed by atoms with Gasteiger partial charge in [0.1, 0.15) is 6.04 Å². The molecule has 1 N–H and O–H groups in total. The minimum atomic E-state index is -3.60. The van der Waals surface area contributed by atoms with Gasteiger partial charge in [-0.2, -0.15) is 0 Å². The lowest BCUT2D eigenvalue weighted by Gasteiger charge is -2.28. The number of nitrogens with zero attached hydrogens (tertiary/aromatic N) is 1. The summed E-state index contributed by atoms with van der Waals surface area (Å²) in [6, 6.07) is 13.5. The molecular formula is C18H22N2O3S. The van der Waals surface area contributed by atoms with Crippen molar-refractivity contribution in [3.63, 3.8) is 0 Å². The molecule has 1 unspecified atom stereocenters. The second-order valence-corrected chi connectivity index (χ2v) is 7.79. The number of hydrogen-bond donors (Lipinski definition) is 1. The van der Waals surface area contributed by atoms with Gasteiger partial charge in [0.15, 0.2) is 0 Å². The van der Waals surface area contributed by atoms with Gasteiger partial charge >= 0.3 is 0 Å². The van der Waals surface area contributed by atoms with E-state index in [1.165, 1.54) is 0 Å². The Morgan fingerprint density at radius 1 is 0.958 bits per heavy atom. The summed E-state index contributed by atoms with van der Waals surface area (Å²) < 4.78 is 25.5. The van der Waals surface area contributed by atoms with Crippen molar-refractivity contribution in [2.45, 2.75) is 26.8 Å². The van der Waals surface area contributed by atoms with Gasteiger partial charge in [0.25, 0.3) is 0 Å². The van der Waals surface area contributed by atoms with E-state index in [-0.39, 0.29) is 5.91 Å². The fourth-order valence-corrected chi connectivity index (χ4v) is 3.56. The van der Waals surface area contributed by atoms with Crippen molar-refractivity contribution < 1.29 is 13.2 Å². The molecule has 0 bridgehead atoms. The molecule has 0 aliphatic carbocycles. The van der Waals surface area contributed by atoms with E-state index >= 15 is 0 Å². The van der Waals surface area contributed by atoms with Crippen molar-refractivity contribution in [3.8, 4) is 0 Å². The summed E-state index contributed by atoms with van der Waals surface area (Å²) in [6.07, 6.45) is 1.10. The van der Waals surface area contributed by atoms with Crippen LogP contribution in [0.4, 0.5) is 11.4 Å². The fourth-order valence-electron chi connectivity index (χ4n) is 2.38. The number of aryl methyl sites for hydroxylation is 2. The maximum Gasteiger partial charge on any atom is 0.247 e. The SMILES string of the molecule is Cc1ccc(NC(=O)C(C)N(c2ccc(C)cc2)S(C)(=O)=O)cc1. The zero-order valence-electron chi connectivity index (χ0n) is 14.3. The average Bonchev–Trinajstić information content (AvgIpc) is 2.50. The number of sulfonamides is 1. The highest BCUT2D eigenvalue weighted by Gasteiger charge is 2.29. The molecule has 0 spiro atoms. The van der Waals surface area contributed by atoms with Gasteiger partial charge in [0.2, 0.25) is 15.9 Å². The molecule has 0 radical (unpaired) electrons. The molecule has 0 heterocycles. The minimum Gasteiger partial charge on any atom is -0.324 e. The van der Waals surface area contributed by atoms with Gasteiger partial charge < -0.3 is 5.32 Å². The molecule has 1 atom stereocenters. The van der Waals surface area contributed by atoms with Crippen LogP contribution in [0.5, 0.6) is 0 Å². The third-order valence-electron chi connectivity index (χ3n) is 3.70. The van der Waals surface area contributed by atoms with Gasteiger partial charge in [-0.05, 0) is 45.0 Å². The molecule has 0 saturated carbocycles. The molecule has 5 nitrogen and oxygen atoms in total. The van der Waals surface area contributed by atoms with Crippen molar-refractivity contribution in [1.82, 2.24) is 0 Å². The number of benzene rings is 2. The van der Waals surface area contributed by atoms with Crippen molar-refractivity contribution in [2.24, 2.45) is 0 Å². The third-order valence-corrected chi connectivity index (χ3v) is 4.94. The van der Waals surface area contributed by atoms with Crippen LogP contribution in [0.2, 0.25) is 0 Å². The predicted molar refractivity (Wildman–Crippen MR) is 97.8 cm³/mol. The summed E-state index contributed by atoms with van der Waals surface area (Å²) in [6.45, 7) is 5.45. The van der Waals surface area contributed by atoms with E-state index in [0.717, 1.165) is 21.7 Å². The number of hydrogen-bond acceptors (Lipinski definition) is 3. The Kier molecular flexibility index (Phi) is 5.29. The van der Waals surface area contributed by atoms with Crippen LogP contribution in [0, 0.1) is 13.8 Å². The van der Waals surface area contributed by atoms with E-state index in [1.54, 1.807) is 31.2 Å². The normalized spacial score (nSPS) is 12.5. The molecule has 24 heavy (non-hydrogen) atoms. The van der Waals surface area contributed by atoms with Crippen LogP contribution in [-0.2, 0) is 14.8 Å². The van der Waals surface area contributed by atoms with Crippen molar-refractivity contribution >= 4 is 27.3 Å². The van der Waals surface area contributed by atoms with E-state index < -0.39 is 16.1 Å². The lowest BCUT2D eigenvalue weighted by atomic mass is 10.2. The van der Waals surface area contributed by atoms with Crippen LogP contribution >= 0.6 is 0 Å². The summed E-state index contributed by atoms with van der Waals surface area (Å²) >= 11 is 0. The Bertz CT molecular complexity index is 812. The van der Waals surface area contributed by atoms with Crippen LogP contribution in [-0.4, -0.2) is 26.6 Å². The molecule has 2 aromatic rings. The average molecular weight is 346 g/mol. The topological polar surface area (TPSA) is 66.5 Å². The first kappa shape index (κ1) is 18.0. The van der Waals surface area contributed by atoms with Crippen LogP contribution in [0.3, 0.4) is 0 Å². The van der Waals surface area contributed by atoms with Gasteiger partial charge in [0.05, 0.1) is 11.9 Å². The lowest BCUT2D eigenvalue weighted by Crippen LogP contribution is -2.45. The lowest BCUT2D eigenvalue weighted by molar-refractivity contribution is -0.116. The molecule has 0 fully saturated rings. The van der Waals surface area contributed by atoms with Crippen molar-refractivity contribution in [2.75, 3.05) is 15.9 Å². The van der Waals surface area contributed by atoms with E-state index in [9.17, 15) is 13.2 Å². The van der Waals surface area contributed by atoms with Crippen LogP contribution in [0.25, 0.3) is 0 Å². The maximum atomic E-state index is 12.5. The van der Waals surface area contributed by atoms with Gasteiger partial charge in [-0.3, -0.25) is 9.10 Å². The first-order valence-electron chi connectivity index (χ1n) is 7.62. The molecule has 6 heteroatoms. The van der Waals surface area contributed by atoms with Crippen LogP contribution in [0.15, 0.2) is 48.5 Å². The number of anilines is 2.